The first kappa shape index (κ1) is 46.9. The summed E-state index contributed by atoms with van der Waals surface area (Å²) in [7, 11) is 0. The van der Waals surface area contributed by atoms with Crippen molar-refractivity contribution in [2.24, 2.45) is 0 Å². The quantitative estimate of drug-likeness (QED) is 0.117. The van der Waals surface area contributed by atoms with Crippen LogP contribution in [0.1, 0.15) is 123 Å². The lowest BCUT2D eigenvalue weighted by Gasteiger charge is -2.18. The van der Waals surface area contributed by atoms with Gasteiger partial charge in [0.05, 0.1) is 0 Å². The molecule has 4 aliphatic rings. The number of rotatable bonds is 8. The molecule has 0 saturated carbocycles. The zero-order valence-electron chi connectivity index (χ0n) is 39.5. The van der Waals surface area contributed by atoms with Gasteiger partial charge in [0.2, 0.25) is 0 Å². The van der Waals surface area contributed by atoms with E-state index in [1.165, 1.54) is 24.3 Å². The third-order valence-corrected chi connectivity index (χ3v) is 14.6. The van der Waals surface area contributed by atoms with Gasteiger partial charge in [-0.05, 0) is 191 Å². The van der Waals surface area contributed by atoms with E-state index in [4.69, 9.17) is 44.1 Å². The Hall–Kier alpha value is -7.48. The summed E-state index contributed by atoms with van der Waals surface area (Å²) < 4.78 is 41.5. The molecule has 0 fully saturated rings. The Morgan fingerprint density at radius 1 is 0.500 bits per heavy atom. The highest BCUT2D eigenvalue weighted by atomic mass is 35.5. The number of nitrogen functional groups attached to an aromatic ring is 2. The number of carbonyl (C=O) groups is 2. The molecule has 0 radical (unpaired) electrons. The van der Waals surface area contributed by atoms with Crippen molar-refractivity contribution in [3.05, 3.63) is 232 Å². The van der Waals surface area contributed by atoms with Crippen molar-refractivity contribution in [3.63, 3.8) is 0 Å². The number of hydrogen-bond donors (Lipinski definition) is 4. The molecule has 2 aromatic heterocycles. The van der Waals surface area contributed by atoms with E-state index in [1.807, 2.05) is 107 Å². The normalized spacial score (nSPS) is 17.1. The van der Waals surface area contributed by atoms with Crippen LogP contribution < -0.4 is 22.1 Å². The van der Waals surface area contributed by atoms with E-state index < -0.39 is 0 Å². The zero-order chi connectivity index (χ0) is 50.3. The molecule has 6 heterocycles. The summed E-state index contributed by atoms with van der Waals surface area (Å²) in [6.45, 7) is 8.42. The molecule has 0 aliphatic carbocycles. The van der Waals surface area contributed by atoms with Crippen LogP contribution in [0.25, 0.3) is 22.3 Å². The van der Waals surface area contributed by atoms with Gasteiger partial charge >= 0.3 is 0 Å². The number of hydrogen-bond acceptors (Lipinski definition) is 8. The van der Waals surface area contributed by atoms with E-state index in [2.05, 4.69) is 20.6 Å². The standard InChI is InChI=1S/2C29H23ClFN3O2/c1-14-9-26(32)34-15(2)24(14)13-33-29(35)17-4-7-20-23(11-17)28-19-6-3-16(10-22(19)27(20)36-28)21-12-18(30)5-8-25(21)31;1-14-9-26(32)34-15(2)24(14)13-33-29(35)17-4-7-20-23(11-17)28-22-10-16(3-6-19(22)27(20)36-28)21-12-18(30)5-8-25(21)31/h2*3-12,27-28H,13H2,1-2H3,(H2,32,34)(H,33,35). The number of nitrogens with zero attached hydrogens (tertiary/aromatic N) is 2. The monoisotopic (exact) mass is 998 g/mol. The van der Waals surface area contributed by atoms with Gasteiger partial charge in [-0.2, -0.15) is 0 Å². The van der Waals surface area contributed by atoms with Gasteiger partial charge in [-0.1, -0.05) is 59.6 Å². The van der Waals surface area contributed by atoms with Crippen LogP contribution in [0.3, 0.4) is 0 Å². The van der Waals surface area contributed by atoms with Crippen molar-refractivity contribution in [2.75, 3.05) is 11.5 Å². The lowest BCUT2D eigenvalue weighted by molar-refractivity contribution is 0.0856. The average Bonchev–Trinajstić information content (AvgIpc) is 4.13. The maximum Gasteiger partial charge on any atom is 0.251 e. The number of benzene rings is 6. The summed E-state index contributed by atoms with van der Waals surface area (Å²) in [6.07, 6.45) is -0.996. The van der Waals surface area contributed by atoms with Gasteiger partial charge in [-0.15, -0.1) is 0 Å². The van der Waals surface area contributed by atoms with Crippen molar-refractivity contribution in [1.29, 1.82) is 0 Å². The molecule has 4 aliphatic heterocycles. The molecule has 14 heteroatoms. The summed E-state index contributed by atoms with van der Waals surface area (Å²) in [5.74, 6) is -0.0484. The van der Waals surface area contributed by atoms with Crippen LogP contribution in [0.5, 0.6) is 0 Å². The smallest absolute Gasteiger partial charge is 0.251 e. The molecule has 8 aromatic rings. The number of fused-ring (bicyclic) bond motifs is 16. The lowest BCUT2D eigenvalue weighted by Crippen LogP contribution is -2.24. The predicted molar refractivity (Wildman–Crippen MR) is 275 cm³/mol. The molecule has 4 unspecified atom stereocenters. The lowest BCUT2D eigenvalue weighted by atomic mass is 9.83. The molecule has 0 spiro atoms. The fourth-order valence-corrected chi connectivity index (χ4v) is 10.9. The summed E-state index contributed by atoms with van der Waals surface area (Å²) >= 11 is 12.2. The molecule has 4 bridgehead atoms. The number of ether oxygens (including phenoxy) is 2. The molecule has 2 amide bonds. The van der Waals surface area contributed by atoms with Crippen molar-refractivity contribution >= 4 is 46.7 Å². The maximum atomic E-state index is 14.5. The van der Waals surface area contributed by atoms with Gasteiger partial charge in [0.1, 0.15) is 47.7 Å². The van der Waals surface area contributed by atoms with Gasteiger partial charge in [0.15, 0.2) is 0 Å². The molecule has 4 atom stereocenters. The Morgan fingerprint density at radius 3 is 1.26 bits per heavy atom. The second-order valence-electron chi connectivity index (χ2n) is 18.6. The van der Waals surface area contributed by atoms with Crippen LogP contribution in [0, 0.1) is 39.3 Å². The Balaban J connectivity index is 0.000000156. The number of anilines is 2. The molecule has 10 nitrogen and oxygen atoms in total. The van der Waals surface area contributed by atoms with Crippen LogP contribution in [0.4, 0.5) is 20.4 Å². The highest BCUT2D eigenvalue weighted by molar-refractivity contribution is 6.31. The molecule has 6 aromatic carbocycles. The van der Waals surface area contributed by atoms with Crippen molar-refractivity contribution in [1.82, 2.24) is 20.6 Å². The topological polar surface area (TPSA) is 154 Å². The number of aromatic nitrogens is 2. The average molecular weight is 1000 g/mol. The minimum absolute atomic E-state index is 0.164. The van der Waals surface area contributed by atoms with Crippen molar-refractivity contribution in [2.45, 2.75) is 65.2 Å². The third-order valence-electron chi connectivity index (χ3n) is 14.2. The van der Waals surface area contributed by atoms with E-state index in [9.17, 15) is 18.4 Å². The molecule has 0 saturated heterocycles. The van der Waals surface area contributed by atoms with Gasteiger partial charge in [0, 0.05) is 56.8 Å². The number of nitrogens with one attached hydrogen (secondary N) is 2. The SMILES string of the molecule is Cc1cc(N)nc(C)c1CNC(=O)c1ccc2c(c1)C1OC2c2cc(-c3cc(Cl)ccc3F)ccc21.Cc1cc(N)nc(C)c1CNC(=O)c1ccc2c(c1)C1OC2c2ccc(-c3cc(Cl)ccc3F)cc21. The third kappa shape index (κ3) is 8.33. The number of aryl methyl sites for hydroxylation is 4. The first-order chi connectivity index (χ1) is 34.6. The minimum Gasteiger partial charge on any atom is -0.384 e. The van der Waals surface area contributed by atoms with Crippen LogP contribution >= 0.6 is 23.2 Å². The highest BCUT2D eigenvalue weighted by Crippen LogP contribution is 2.56. The molecular formula is C58H46Cl2F2N6O4. The van der Waals surface area contributed by atoms with Gasteiger partial charge in [-0.25, -0.2) is 18.7 Å². The highest BCUT2D eigenvalue weighted by Gasteiger charge is 2.44. The first-order valence-corrected chi connectivity index (χ1v) is 24.1. The molecule has 72 heavy (non-hydrogen) atoms. The Labute approximate surface area is 424 Å². The van der Waals surface area contributed by atoms with Crippen LogP contribution in [0.2, 0.25) is 10.0 Å². The van der Waals surface area contributed by atoms with E-state index in [-0.39, 0.29) is 47.9 Å². The van der Waals surface area contributed by atoms with E-state index in [0.29, 0.717) is 57.0 Å². The number of nitrogens with two attached hydrogens (primary N) is 2. The minimum atomic E-state index is -0.329. The second kappa shape index (κ2) is 18.3. The zero-order valence-corrected chi connectivity index (χ0v) is 41.0. The largest absolute Gasteiger partial charge is 0.384 e. The van der Waals surface area contributed by atoms with Crippen molar-refractivity contribution in [3.8, 4) is 22.3 Å². The molecular weight excluding hydrogens is 954 g/mol. The predicted octanol–water partition coefficient (Wildman–Crippen LogP) is 12.4. The Kier molecular flexibility index (Phi) is 11.9. The second-order valence-corrected chi connectivity index (χ2v) is 19.5. The summed E-state index contributed by atoms with van der Waals surface area (Å²) in [4.78, 5) is 34.6. The molecule has 6 N–H and O–H groups in total. The van der Waals surface area contributed by atoms with Gasteiger partial charge in [-0.3, -0.25) is 9.59 Å². The fourth-order valence-electron chi connectivity index (χ4n) is 10.6. The fraction of sp³-hybridized carbons (Fsp3) is 0.172. The van der Waals surface area contributed by atoms with E-state index >= 15 is 0 Å². The van der Waals surface area contributed by atoms with E-state index in [1.54, 1.807) is 18.2 Å². The number of halogens is 4. The summed E-state index contributed by atoms with van der Waals surface area (Å²) in [5, 5.41) is 6.96. The van der Waals surface area contributed by atoms with Crippen LogP contribution in [-0.2, 0) is 22.6 Å². The number of amides is 2. The molecule has 12 rings (SSSR count). The summed E-state index contributed by atoms with van der Waals surface area (Å²) in [6, 6.07) is 35.7. The van der Waals surface area contributed by atoms with Gasteiger partial charge in [0.25, 0.3) is 11.8 Å². The number of carbonyl (C=O) groups excluding carboxylic acids is 2. The van der Waals surface area contributed by atoms with E-state index in [0.717, 1.165) is 89.3 Å². The van der Waals surface area contributed by atoms with Crippen LogP contribution in [-0.4, -0.2) is 21.8 Å². The Bertz CT molecular complexity index is 3560. The van der Waals surface area contributed by atoms with Crippen molar-refractivity contribution < 1.29 is 27.8 Å². The molecule has 360 valence electrons. The number of pyridine rings is 2. The van der Waals surface area contributed by atoms with Gasteiger partial charge < -0.3 is 31.6 Å². The van der Waals surface area contributed by atoms with Crippen LogP contribution in [0.15, 0.2) is 121 Å². The Morgan fingerprint density at radius 2 is 0.861 bits per heavy atom. The summed E-state index contributed by atoms with van der Waals surface area (Å²) in [5.41, 5.74) is 28.8. The maximum absolute atomic E-state index is 14.5. The first-order valence-electron chi connectivity index (χ1n) is 23.4.